The number of nitrogens with zero attached hydrogens (tertiary/aromatic N) is 2. The molecule has 0 N–H and O–H groups in total. The fourth-order valence-corrected chi connectivity index (χ4v) is 3.63. The minimum atomic E-state index is -0.0366. The first-order valence-electron chi connectivity index (χ1n) is 8.82. The van der Waals surface area contributed by atoms with Gasteiger partial charge in [-0.3, -0.25) is 9.13 Å². The van der Waals surface area contributed by atoms with Crippen LogP contribution in [0.3, 0.4) is 0 Å². The monoisotopic (exact) mass is 342 g/mol. The molecule has 0 aliphatic heterocycles. The van der Waals surface area contributed by atoms with Gasteiger partial charge in [-0.15, -0.1) is 0 Å². The van der Waals surface area contributed by atoms with Gasteiger partial charge in [0.25, 0.3) is 0 Å². The molecule has 26 heavy (non-hydrogen) atoms. The SMILES string of the molecule is C=C(C)n1c(=O)n(Cc2cccc3ccccc23)c2cc(C)c(C)cc21. The predicted molar refractivity (Wildman–Crippen MR) is 110 cm³/mol. The van der Waals surface area contributed by atoms with Crippen molar-refractivity contribution >= 4 is 27.5 Å². The van der Waals surface area contributed by atoms with Crippen LogP contribution in [-0.2, 0) is 6.54 Å². The Labute approximate surface area is 152 Å². The van der Waals surface area contributed by atoms with Gasteiger partial charge in [-0.25, -0.2) is 4.79 Å². The Kier molecular flexibility index (Phi) is 3.80. The Morgan fingerprint density at radius 1 is 0.962 bits per heavy atom. The Bertz CT molecular complexity index is 1220. The second kappa shape index (κ2) is 6.03. The summed E-state index contributed by atoms with van der Waals surface area (Å²) in [7, 11) is 0. The van der Waals surface area contributed by atoms with Gasteiger partial charge in [0.15, 0.2) is 0 Å². The van der Waals surface area contributed by atoms with E-state index in [-0.39, 0.29) is 5.69 Å². The van der Waals surface area contributed by atoms with Crippen LogP contribution in [0.15, 0.2) is 66.0 Å². The van der Waals surface area contributed by atoms with Gasteiger partial charge in [-0.1, -0.05) is 49.0 Å². The van der Waals surface area contributed by atoms with Gasteiger partial charge in [-0.2, -0.15) is 0 Å². The summed E-state index contributed by atoms with van der Waals surface area (Å²) in [4.78, 5) is 13.2. The Hall–Kier alpha value is -3.07. The fraction of sp³-hybridized carbons (Fsp3) is 0.174. The molecule has 3 heteroatoms. The number of aromatic nitrogens is 2. The Balaban J connectivity index is 2.00. The van der Waals surface area contributed by atoms with Crippen molar-refractivity contribution in [3.05, 3.63) is 88.4 Å². The summed E-state index contributed by atoms with van der Waals surface area (Å²) in [6.45, 7) is 10.6. The summed E-state index contributed by atoms with van der Waals surface area (Å²) in [5.74, 6) is 0. The van der Waals surface area contributed by atoms with E-state index in [1.165, 1.54) is 21.9 Å². The van der Waals surface area contributed by atoms with E-state index in [4.69, 9.17) is 0 Å². The van der Waals surface area contributed by atoms with Gasteiger partial charge in [0.2, 0.25) is 0 Å². The molecular formula is C23H22N2O. The number of hydrogen-bond acceptors (Lipinski definition) is 1. The van der Waals surface area contributed by atoms with Crippen molar-refractivity contribution in [1.29, 1.82) is 0 Å². The molecule has 0 bridgehead atoms. The molecule has 0 saturated carbocycles. The largest absolute Gasteiger partial charge is 0.333 e. The first-order chi connectivity index (χ1) is 12.5. The number of allylic oxidation sites excluding steroid dienone is 1. The summed E-state index contributed by atoms with van der Waals surface area (Å²) in [5, 5.41) is 2.37. The average molecular weight is 342 g/mol. The first kappa shape index (κ1) is 16.4. The van der Waals surface area contributed by atoms with Crippen LogP contribution < -0.4 is 5.69 Å². The lowest BCUT2D eigenvalue weighted by Crippen LogP contribution is -2.23. The highest BCUT2D eigenvalue weighted by Gasteiger charge is 2.16. The van der Waals surface area contributed by atoms with Crippen LogP contribution in [0, 0.1) is 13.8 Å². The zero-order valence-corrected chi connectivity index (χ0v) is 15.4. The van der Waals surface area contributed by atoms with Crippen LogP contribution in [0.25, 0.3) is 27.5 Å². The maximum absolute atomic E-state index is 13.2. The highest BCUT2D eigenvalue weighted by atomic mass is 16.1. The second-order valence-electron chi connectivity index (χ2n) is 7.00. The second-order valence-corrected chi connectivity index (χ2v) is 7.00. The molecule has 3 aromatic carbocycles. The summed E-state index contributed by atoms with van der Waals surface area (Å²) in [6, 6.07) is 18.7. The lowest BCUT2D eigenvalue weighted by atomic mass is 10.0. The van der Waals surface area contributed by atoms with Crippen LogP contribution in [0.5, 0.6) is 0 Å². The van der Waals surface area contributed by atoms with Crippen molar-refractivity contribution in [2.24, 2.45) is 0 Å². The van der Waals surface area contributed by atoms with Gasteiger partial charge in [0.1, 0.15) is 0 Å². The van der Waals surface area contributed by atoms with E-state index in [0.29, 0.717) is 6.54 Å². The molecule has 4 aromatic rings. The van der Waals surface area contributed by atoms with Crippen LogP contribution in [0.1, 0.15) is 23.6 Å². The van der Waals surface area contributed by atoms with Crippen molar-refractivity contribution < 1.29 is 0 Å². The third kappa shape index (κ3) is 2.48. The molecule has 130 valence electrons. The molecule has 0 radical (unpaired) electrons. The third-order valence-corrected chi connectivity index (χ3v) is 5.13. The Morgan fingerprint density at radius 2 is 1.62 bits per heavy atom. The molecule has 0 atom stereocenters. The molecule has 1 heterocycles. The van der Waals surface area contributed by atoms with Crippen LogP contribution >= 0.6 is 0 Å². The van der Waals surface area contributed by atoms with Gasteiger partial charge < -0.3 is 0 Å². The van der Waals surface area contributed by atoms with Gasteiger partial charge in [0, 0.05) is 5.70 Å². The van der Waals surface area contributed by atoms with E-state index in [1.807, 2.05) is 23.6 Å². The molecule has 0 aliphatic carbocycles. The highest BCUT2D eigenvalue weighted by Crippen LogP contribution is 2.24. The van der Waals surface area contributed by atoms with Crippen molar-refractivity contribution in [2.45, 2.75) is 27.3 Å². The number of hydrogen-bond donors (Lipinski definition) is 0. The van der Waals surface area contributed by atoms with Crippen LogP contribution in [-0.4, -0.2) is 9.13 Å². The molecule has 0 aliphatic rings. The van der Waals surface area contributed by atoms with Crippen LogP contribution in [0.2, 0.25) is 0 Å². The highest BCUT2D eigenvalue weighted by molar-refractivity contribution is 5.86. The fourth-order valence-electron chi connectivity index (χ4n) is 3.63. The summed E-state index contributed by atoms with van der Waals surface area (Å²) in [5.41, 5.74) is 6.08. The van der Waals surface area contributed by atoms with E-state index in [1.54, 1.807) is 4.57 Å². The number of aryl methyl sites for hydroxylation is 2. The molecular weight excluding hydrogens is 320 g/mol. The lowest BCUT2D eigenvalue weighted by molar-refractivity contribution is 0.770. The molecule has 0 spiro atoms. The minimum Gasteiger partial charge on any atom is -0.287 e. The quantitative estimate of drug-likeness (QED) is 0.508. The van der Waals surface area contributed by atoms with E-state index in [0.717, 1.165) is 22.3 Å². The smallest absolute Gasteiger partial charge is 0.287 e. The average Bonchev–Trinajstić information content (AvgIpc) is 2.87. The topological polar surface area (TPSA) is 26.9 Å². The zero-order valence-electron chi connectivity index (χ0n) is 15.4. The molecule has 1 aromatic heterocycles. The third-order valence-electron chi connectivity index (χ3n) is 5.13. The number of benzene rings is 3. The number of imidazole rings is 1. The normalized spacial score (nSPS) is 11.3. The van der Waals surface area contributed by atoms with Crippen LogP contribution in [0.4, 0.5) is 0 Å². The number of rotatable bonds is 3. The van der Waals surface area contributed by atoms with Gasteiger partial charge >= 0.3 is 5.69 Å². The Morgan fingerprint density at radius 3 is 2.35 bits per heavy atom. The van der Waals surface area contributed by atoms with Crippen molar-refractivity contribution in [3.8, 4) is 0 Å². The summed E-state index contributed by atoms with van der Waals surface area (Å²) < 4.78 is 3.57. The van der Waals surface area contributed by atoms with Crippen molar-refractivity contribution in [1.82, 2.24) is 9.13 Å². The van der Waals surface area contributed by atoms with Gasteiger partial charge in [0.05, 0.1) is 17.6 Å². The predicted octanol–water partition coefficient (Wildman–Crippen LogP) is 5.11. The molecule has 0 saturated heterocycles. The maximum Gasteiger partial charge on any atom is 0.333 e. The molecule has 0 amide bonds. The lowest BCUT2D eigenvalue weighted by Gasteiger charge is -2.08. The molecule has 0 unspecified atom stereocenters. The van der Waals surface area contributed by atoms with Crippen molar-refractivity contribution in [2.75, 3.05) is 0 Å². The molecule has 4 rings (SSSR count). The minimum absolute atomic E-state index is 0.0366. The zero-order chi connectivity index (χ0) is 18.4. The van der Waals surface area contributed by atoms with Crippen molar-refractivity contribution in [3.63, 3.8) is 0 Å². The van der Waals surface area contributed by atoms with E-state index in [9.17, 15) is 4.79 Å². The van der Waals surface area contributed by atoms with Gasteiger partial charge in [-0.05, 0) is 60.4 Å². The first-order valence-corrected chi connectivity index (χ1v) is 8.82. The maximum atomic E-state index is 13.2. The standard InChI is InChI=1S/C23H22N2O/c1-15(2)25-22-13-17(4)16(3)12-21(22)24(23(25)26)14-19-10-7-9-18-8-5-6-11-20(18)19/h5-13H,1,14H2,2-4H3. The van der Waals surface area contributed by atoms with E-state index < -0.39 is 0 Å². The number of fused-ring (bicyclic) bond motifs is 2. The summed E-state index contributed by atoms with van der Waals surface area (Å²) in [6.07, 6.45) is 0. The van der Waals surface area contributed by atoms with E-state index >= 15 is 0 Å². The molecule has 0 fully saturated rings. The van der Waals surface area contributed by atoms with E-state index in [2.05, 4.69) is 62.9 Å². The molecule has 3 nitrogen and oxygen atoms in total. The summed E-state index contributed by atoms with van der Waals surface area (Å²) >= 11 is 0.